The predicted molar refractivity (Wildman–Crippen MR) is 83.6 cm³/mol. The van der Waals surface area contributed by atoms with Crippen molar-refractivity contribution in [2.75, 3.05) is 6.54 Å². The lowest BCUT2D eigenvalue weighted by atomic mass is 10.1. The highest BCUT2D eigenvalue weighted by atomic mass is 16.1. The van der Waals surface area contributed by atoms with Crippen LogP contribution in [0.2, 0.25) is 0 Å². The van der Waals surface area contributed by atoms with Crippen LogP contribution in [-0.4, -0.2) is 17.4 Å². The van der Waals surface area contributed by atoms with Crippen LogP contribution < -0.4 is 10.6 Å². The molecule has 0 saturated carbocycles. The van der Waals surface area contributed by atoms with E-state index in [1.807, 2.05) is 43.3 Å². The molecule has 1 heterocycles. The number of hydrogen-bond acceptors (Lipinski definition) is 3. The second kappa shape index (κ2) is 8.17. The number of nitrogens with one attached hydrogen (secondary N) is 2. The van der Waals surface area contributed by atoms with Crippen LogP contribution in [0.4, 0.5) is 0 Å². The predicted octanol–water partition coefficient (Wildman–Crippen LogP) is 2.19. The molecule has 2 N–H and O–H groups in total. The first kappa shape index (κ1) is 15.2. The molecule has 110 valence electrons. The fourth-order valence-corrected chi connectivity index (χ4v) is 2.03. The number of rotatable bonds is 7. The first-order valence-corrected chi connectivity index (χ1v) is 7.17. The maximum Gasteiger partial charge on any atom is 0.221 e. The first-order valence-electron chi connectivity index (χ1n) is 7.17. The largest absolute Gasteiger partial charge is 0.352 e. The average molecular weight is 283 g/mol. The van der Waals surface area contributed by atoms with E-state index in [9.17, 15) is 4.79 Å². The van der Waals surface area contributed by atoms with Gasteiger partial charge in [0.2, 0.25) is 5.91 Å². The number of aromatic nitrogens is 1. The second-order valence-electron chi connectivity index (χ2n) is 5.01. The molecule has 0 aliphatic rings. The minimum atomic E-state index is 0.0602. The molecule has 4 nitrogen and oxygen atoms in total. The Morgan fingerprint density at radius 3 is 2.81 bits per heavy atom. The van der Waals surface area contributed by atoms with Crippen molar-refractivity contribution < 1.29 is 4.79 Å². The summed E-state index contributed by atoms with van der Waals surface area (Å²) < 4.78 is 0. The summed E-state index contributed by atoms with van der Waals surface area (Å²) in [6, 6.07) is 14.0. The summed E-state index contributed by atoms with van der Waals surface area (Å²) in [5, 5.41) is 6.15. The number of hydrogen-bond donors (Lipinski definition) is 2. The van der Waals surface area contributed by atoms with E-state index in [0.717, 1.165) is 11.3 Å². The Morgan fingerprint density at radius 2 is 2.05 bits per heavy atom. The molecule has 0 unspecified atom stereocenters. The molecule has 1 aromatic heterocycles. The van der Waals surface area contributed by atoms with Gasteiger partial charge in [0.1, 0.15) is 0 Å². The zero-order chi connectivity index (χ0) is 14.9. The summed E-state index contributed by atoms with van der Waals surface area (Å²) in [5.74, 6) is 0.0602. The van der Waals surface area contributed by atoms with Gasteiger partial charge in [-0.3, -0.25) is 9.78 Å². The Balaban J connectivity index is 1.62. The van der Waals surface area contributed by atoms with Gasteiger partial charge in [0.25, 0.3) is 0 Å². The van der Waals surface area contributed by atoms with Crippen molar-refractivity contribution in [1.82, 2.24) is 15.6 Å². The van der Waals surface area contributed by atoms with Gasteiger partial charge in [-0.15, -0.1) is 0 Å². The quantitative estimate of drug-likeness (QED) is 0.766. The van der Waals surface area contributed by atoms with E-state index in [2.05, 4.69) is 21.7 Å². The minimum absolute atomic E-state index is 0.0602. The molecule has 4 heteroatoms. The number of nitrogens with zero attached hydrogens (tertiary/aromatic N) is 1. The fraction of sp³-hybridized carbons (Fsp3) is 0.294. The van der Waals surface area contributed by atoms with Gasteiger partial charge < -0.3 is 10.6 Å². The Hall–Kier alpha value is -2.20. The van der Waals surface area contributed by atoms with Crippen LogP contribution in [0.25, 0.3) is 0 Å². The molecule has 0 spiro atoms. The first-order chi connectivity index (χ1) is 10.2. The van der Waals surface area contributed by atoms with Gasteiger partial charge in [-0.2, -0.15) is 0 Å². The van der Waals surface area contributed by atoms with E-state index in [4.69, 9.17) is 0 Å². The normalized spacial score (nSPS) is 10.3. The van der Waals surface area contributed by atoms with E-state index in [1.54, 1.807) is 6.20 Å². The van der Waals surface area contributed by atoms with Crippen molar-refractivity contribution in [2.45, 2.75) is 26.4 Å². The smallest absolute Gasteiger partial charge is 0.221 e. The summed E-state index contributed by atoms with van der Waals surface area (Å²) >= 11 is 0. The molecule has 1 aromatic carbocycles. The summed E-state index contributed by atoms with van der Waals surface area (Å²) in [6.45, 7) is 3.97. The van der Waals surface area contributed by atoms with E-state index in [1.165, 1.54) is 5.56 Å². The monoisotopic (exact) mass is 283 g/mol. The Morgan fingerprint density at radius 1 is 1.14 bits per heavy atom. The zero-order valence-electron chi connectivity index (χ0n) is 12.3. The summed E-state index contributed by atoms with van der Waals surface area (Å²) in [6.07, 6.45) is 2.24. The maximum absolute atomic E-state index is 11.7. The number of benzene rings is 1. The topological polar surface area (TPSA) is 54.0 Å². The molecule has 0 aliphatic carbocycles. The van der Waals surface area contributed by atoms with Crippen LogP contribution in [0, 0.1) is 6.92 Å². The number of carbonyl (C=O) groups is 1. The maximum atomic E-state index is 11.7. The van der Waals surface area contributed by atoms with Crippen molar-refractivity contribution >= 4 is 5.91 Å². The highest BCUT2D eigenvalue weighted by Gasteiger charge is 2.01. The molecule has 1 amide bonds. The van der Waals surface area contributed by atoms with Crippen molar-refractivity contribution in [3.05, 3.63) is 65.5 Å². The number of amides is 1. The third-order valence-corrected chi connectivity index (χ3v) is 3.13. The average Bonchev–Trinajstić information content (AvgIpc) is 2.51. The third-order valence-electron chi connectivity index (χ3n) is 3.13. The van der Waals surface area contributed by atoms with Gasteiger partial charge >= 0.3 is 0 Å². The number of pyridine rings is 1. The Labute approximate surface area is 125 Å². The molecule has 0 atom stereocenters. The van der Waals surface area contributed by atoms with Crippen molar-refractivity contribution in [1.29, 1.82) is 0 Å². The highest BCUT2D eigenvalue weighted by molar-refractivity contribution is 5.76. The van der Waals surface area contributed by atoms with Crippen LogP contribution in [0.5, 0.6) is 0 Å². The SMILES string of the molecule is Cc1cccc(CNC(=O)CCNCc2ccccn2)c1. The molecule has 2 aromatic rings. The molecule has 0 aliphatic heterocycles. The van der Waals surface area contributed by atoms with Gasteiger partial charge in [0.15, 0.2) is 0 Å². The van der Waals surface area contributed by atoms with Gasteiger partial charge in [0.05, 0.1) is 5.69 Å². The van der Waals surface area contributed by atoms with E-state index >= 15 is 0 Å². The molecule has 0 fully saturated rings. The van der Waals surface area contributed by atoms with Crippen molar-refractivity contribution in [3.8, 4) is 0 Å². The molecular formula is C17H21N3O. The fourth-order valence-electron chi connectivity index (χ4n) is 2.03. The van der Waals surface area contributed by atoms with Crippen LogP contribution in [0.1, 0.15) is 23.2 Å². The Bertz CT molecular complexity index is 569. The van der Waals surface area contributed by atoms with E-state index in [0.29, 0.717) is 26.1 Å². The summed E-state index contributed by atoms with van der Waals surface area (Å²) in [4.78, 5) is 16.0. The zero-order valence-corrected chi connectivity index (χ0v) is 12.3. The lowest BCUT2D eigenvalue weighted by Gasteiger charge is -2.07. The molecule has 0 bridgehead atoms. The van der Waals surface area contributed by atoms with E-state index < -0.39 is 0 Å². The minimum Gasteiger partial charge on any atom is -0.352 e. The van der Waals surface area contributed by atoms with Gasteiger partial charge in [0, 0.05) is 32.3 Å². The number of aryl methyl sites for hydroxylation is 1. The van der Waals surface area contributed by atoms with Gasteiger partial charge in [-0.1, -0.05) is 35.9 Å². The molecule has 0 saturated heterocycles. The lowest BCUT2D eigenvalue weighted by molar-refractivity contribution is -0.121. The van der Waals surface area contributed by atoms with Crippen LogP contribution in [0.3, 0.4) is 0 Å². The van der Waals surface area contributed by atoms with Crippen molar-refractivity contribution in [2.24, 2.45) is 0 Å². The lowest BCUT2D eigenvalue weighted by Crippen LogP contribution is -2.27. The molecular weight excluding hydrogens is 262 g/mol. The van der Waals surface area contributed by atoms with E-state index in [-0.39, 0.29) is 5.91 Å². The molecule has 2 rings (SSSR count). The van der Waals surface area contributed by atoms with Gasteiger partial charge in [-0.25, -0.2) is 0 Å². The third kappa shape index (κ3) is 5.75. The number of carbonyl (C=O) groups excluding carboxylic acids is 1. The molecule has 0 radical (unpaired) electrons. The van der Waals surface area contributed by atoms with Crippen LogP contribution >= 0.6 is 0 Å². The highest BCUT2D eigenvalue weighted by Crippen LogP contribution is 2.03. The second-order valence-corrected chi connectivity index (χ2v) is 5.01. The van der Waals surface area contributed by atoms with Crippen LogP contribution in [0.15, 0.2) is 48.7 Å². The summed E-state index contributed by atoms with van der Waals surface area (Å²) in [5.41, 5.74) is 3.32. The molecule has 21 heavy (non-hydrogen) atoms. The standard InChI is InChI=1S/C17H21N3O/c1-14-5-4-6-15(11-14)12-20-17(21)8-10-18-13-16-7-2-3-9-19-16/h2-7,9,11,18H,8,10,12-13H2,1H3,(H,20,21). The Kier molecular flexibility index (Phi) is 5.91. The van der Waals surface area contributed by atoms with Crippen LogP contribution in [-0.2, 0) is 17.9 Å². The van der Waals surface area contributed by atoms with Gasteiger partial charge in [-0.05, 0) is 24.6 Å². The summed E-state index contributed by atoms with van der Waals surface area (Å²) in [7, 11) is 0. The van der Waals surface area contributed by atoms with Crippen molar-refractivity contribution in [3.63, 3.8) is 0 Å².